The van der Waals surface area contributed by atoms with E-state index in [-0.39, 0.29) is 0 Å². The quantitative estimate of drug-likeness (QED) is 0.822. The highest BCUT2D eigenvalue weighted by molar-refractivity contribution is 5.08. The predicted octanol–water partition coefficient (Wildman–Crippen LogP) is 1.40. The molecule has 1 aromatic rings. The van der Waals surface area contributed by atoms with Crippen LogP contribution in [0.3, 0.4) is 0 Å². The fourth-order valence-electron chi connectivity index (χ4n) is 3.55. The number of aromatic nitrogens is 3. The molecule has 19 heavy (non-hydrogen) atoms. The summed E-state index contributed by atoms with van der Waals surface area (Å²) < 4.78 is 7.94. The average molecular weight is 262 g/mol. The number of hydrogen-bond acceptors (Lipinski definition) is 4. The maximum atomic E-state index is 5.59. The summed E-state index contributed by atoms with van der Waals surface area (Å²) in [7, 11) is 1.83. The van der Waals surface area contributed by atoms with Gasteiger partial charge in [0.15, 0.2) is 5.82 Å². The summed E-state index contributed by atoms with van der Waals surface area (Å²) in [6.45, 7) is 3.37. The van der Waals surface area contributed by atoms with E-state index in [0.717, 1.165) is 31.8 Å². The van der Waals surface area contributed by atoms with Crippen molar-refractivity contribution >= 4 is 0 Å². The van der Waals surface area contributed by atoms with Gasteiger partial charge in [0.25, 0.3) is 0 Å². The van der Waals surface area contributed by atoms with Crippen LogP contribution < -0.4 is 0 Å². The van der Waals surface area contributed by atoms with Crippen molar-refractivity contribution in [1.82, 2.24) is 19.7 Å². The lowest BCUT2D eigenvalue weighted by Gasteiger charge is -2.23. The SMILES string of the molecule is CO[C@@H]1C[C@@H](c2nnc3n2CCC3)N(CC2CC2)C1. The van der Waals surface area contributed by atoms with Crippen molar-refractivity contribution in [1.29, 1.82) is 0 Å². The average Bonchev–Trinajstić information content (AvgIpc) is 2.84. The van der Waals surface area contributed by atoms with Gasteiger partial charge in [0, 0.05) is 33.2 Å². The summed E-state index contributed by atoms with van der Waals surface area (Å²) in [5, 5.41) is 8.85. The van der Waals surface area contributed by atoms with Crippen LogP contribution in [-0.2, 0) is 17.7 Å². The van der Waals surface area contributed by atoms with Gasteiger partial charge in [-0.05, 0) is 31.6 Å². The lowest BCUT2D eigenvalue weighted by Crippen LogP contribution is -2.28. The second-order valence-corrected chi connectivity index (χ2v) is 6.24. The van der Waals surface area contributed by atoms with E-state index < -0.39 is 0 Å². The highest BCUT2D eigenvalue weighted by atomic mass is 16.5. The molecule has 104 valence electrons. The number of methoxy groups -OCH3 is 1. The first-order chi connectivity index (χ1) is 9.35. The summed E-state index contributed by atoms with van der Waals surface area (Å²) in [4.78, 5) is 2.58. The number of ether oxygens (including phenoxy) is 1. The van der Waals surface area contributed by atoms with Crippen LogP contribution in [0.4, 0.5) is 0 Å². The number of aryl methyl sites for hydroxylation is 1. The highest BCUT2D eigenvalue weighted by Gasteiger charge is 2.39. The molecule has 2 atom stereocenters. The lowest BCUT2D eigenvalue weighted by molar-refractivity contribution is 0.107. The fraction of sp³-hybridized carbons (Fsp3) is 0.857. The van der Waals surface area contributed by atoms with Gasteiger partial charge in [-0.3, -0.25) is 4.90 Å². The van der Waals surface area contributed by atoms with Crippen LogP contribution in [0.5, 0.6) is 0 Å². The van der Waals surface area contributed by atoms with Gasteiger partial charge in [-0.1, -0.05) is 0 Å². The van der Waals surface area contributed by atoms with E-state index in [1.807, 2.05) is 7.11 Å². The molecular formula is C14H22N4O. The maximum Gasteiger partial charge on any atom is 0.150 e. The minimum Gasteiger partial charge on any atom is -0.380 e. The number of nitrogens with zero attached hydrogens (tertiary/aromatic N) is 4. The molecule has 0 aromatic carbocycles. The fourth-order valence-corrected chi connectivity index (χ4v) is 3.55. The van der Waals surface area contributed by atoms with Crippen LogP contribution in [0.2, 0.25) is 0 Å². The molecular weight excluding hydrogens is 240 g/mol. The molecule has 2 fully saturated rings. The molecule has 0 amide bonds. The molecule has 0 N–H and O–H groups in total. The Labute approximate surface area is 113 Å². The zero-order valence-electron chi connectivity index (χ0n) is 11.6. The summed E-state index contributed by atoms with van der Waals surface area (Å²) in [5.74, 6) is 3.29. The van der Waals surface area contributed by atoms with Crippen molar-refractivity contribution in [2.45, 2.75) is 50.8 Å². The van der Waals surface area contributed by atoms with Crippen molar-refractivity contribution in [2.75, 3.05) is 20.2 Å². The van der Waals surface area contributed by atoms with E-state index in [4.69, 9.17) is 4.74 Å². The maximum absolute atomic E-state index is 5.59. The van der Waals surface area contributed by atoms with Crippen LogP contribution in [0.1, 0.15) is 43.4 Å². The van der Waals surface area contributed by atoms with Crippen molar-refractivity contribution in [3.05, 3.63) is 11.6 Å². The van der Waals surface area contributed by atoms with Crippen molar-refractivity contribution in [3.63, 3.8) is 0 Å². The number of likely N-dealkylation sites (tertiary alicyclic amines) is 1. The van der Waals surface area contributed by atoms with Gasteiger partial charge in [0.05, 0.1) is 12.1 Å². The minimum atomic E-state index is 0.359. The van der Waals surface area contributed by atoms with Crippen LogP contribution in [0.15, 0.2) is 0 Å². The van der Waals surface area contributed by atoms with Gasteiger partial charge < -0.3 is 9.30 Å². The van der Waals surface area contributed by atoms with E-state index in [0.29, 0.717) is 12.1 Å². The van der Waals surface area contributed by atoms with Crippen molar-refractivity contribution in [2.24, 2.45) is 5.92 Å². The third-order valence-electron chi connectivity index (χ3n) is 4.82. The molecule has 0 radical (unpaired) electrons. The van der Waals surface area contributed by atoms with E-state index in [1.165, 1.54) is 37.5 Å². The van der Waals surface area contributed by atoms with Gasteiger partial charge in [0.1, 0.15) is 5.82 Å². The monoisotopic (exact) mass is 262 g/mol. The number of hydrogen-bond donors (Lipinski definition) is 0. The third-order valence-corrected chi connectivity index (χ3v) is 4.82. The van der Waals surface area contributed by atoms with E-state index >= 15 is 0 Å². The number of fused-ring (bicyclic) bond motifs is 1. The second kappa shape index (κ2) is 4.56. The van der Waals surface area contributed by atoms with E-state index in [2.05, 4.69) is 19.7 Å². The van der Waals surface area contributed by atoms with Crippen LogP contribution in [-0.4, -0.2) is 46.0 Å². The Morgan fingerprint density at radius 1 is 1.32 bits per heavy atom. The molecule has 2 aliphatic heterocycles. The molecule has 0 bridgehead atoms. The largest absolute Gasteiger partial charge is 0.380 e. The molecule has 0 unspecified atom stereocenters. The standard InChI is InChI=1S/C14H22N4O/c1-19-11-7-12(17(9-11)8-10-4-5-10)14-16-15-13-3-2-6-18(13)14/h10-12H,2-9H2,1H3/t11-,12+/m1/s1. The molecule has 1 aromatic heterocycles. The van der Waals surface area contributed by atoms with Crippen LogP contribution in [0, 0.1) is 5.92 Å². The molecule has 0 spiro atoms. The molecule has 1 saturated carbocycles. The first-order valence-electron chi connectivity index (χ1n) is 7.54. The Morgan fingerprint density at radius 2 is 2.21 bits per heavy atom. The Balaban J connectivity index is 1.59. The Bertz CT molecular complexity index is 468. The van der Waals surface area contributed by atoms with Crippen LogP contribution in [0.25, 0.3) is 0 Å². The summed E-state index contributed by atoms with van der Waals surface area (Å²) in [6.07, 6.45) is 6.55. The topological polar surface area (TPSA) is 43.2 Å². The third kappa shape index (κ3) is 2.09. The molecule has 5 heteroatoms. The lowest BCUT2D eigenvalue weighted by atomic mass is 10.2. The Kier molecular flexibility index (Phi) is 2.84. The van der Waals surface area contributed by atoms with E-state index in [9.17, 15) is 0 Å². The van der Waals surface area contributed by atoms with Crippen molar-refractivity contribution < 1.29 is 4.74 Å². The predicted molar refractivity (Wildman–Crippen MR) is 70.8 cm³/mol. The van der Waals surface area contributed by atoms with Gasteiger partial charge in [-0.15, -0.1) is 10.2 Å². The van der Waals surface area contributed by atoms with Gasteiger partial charge in [-0.2, -0.15) is 0 Å². The smallest absolute Gasteiger partial charge is 0.150 e. The van der Waals surface area contributed by atoms with Gasteiger partial charge in [0.2, 0.25) is 0 Å². The van der Waals surface area contributed by atoms with Crippen LogP contribution >= 0.6 is 0 Å². The van der Waals surface area contributed by atoms with E-state index in [1.54, 1.807) is 0 Å². The molecule has 1 saturated heterocycles. The first-order valence-corrected chi connectivity index (χ1v) is 7.54. The molecule has 3 aliphatic rings. The second-order valence-electron chi connectivity index (χ2n) is 6.24. The van der Waals surface area contributed by atoms with Gasteiger partial charge in [-0.25, -0.2) is 0 Å². The molecule has 1 aliphatic carbocycles. The van der Waals surface area contributed by atoms with Gasteiger partial charge >= 0.3 is 0 Å². The zero-order chi connectivity index (χ0) is 12.8. The number of rotatable bonds is 4. The zero-order valence-corrected chi connectivity index (χ0v) is 11.6. The minimum absolute atomic E-state index is 0.359. The summed E-state index contributed by atoms with van der Waals surface area (Å²) in [6, 6.07) is 0.421. The Morgan fingerprint density at radius 3 is 3.00 bits per heavy atom. The Hall–Kier alpha value is -0.940. The molecule has 3 heterocycles. The summed E-state index contributed by atoms with van der Waals surface area (Å²) in [5.41, 5.74) is 0. The summed E-state index contributed by atoms with van der Waals surface area (Å²) >= 11 is 0. The highest BCUT2D eigenvalue weighted by Crippen LogP contribution is 2.38. The molecule has 5 nitrogen and oxygen atoms in total. The first kappa shape index (κ1) is 11.9. The van der Waals surface area contributed by atoms with Crippen molar-refractivity contribution in [3.8, 4) is 0 Å². The molecule has 4 rings (SSSR count). The normalized spacial score (nSPS) is 31.0.